The van der Waals surface area contributed by atoms with Crippen LogP contribution in [0.25, 0.3) is 0 Å². The van der Waals surface area contributed by atoms with Crippen LogP contribution in [0.2, 0.25) is 0 Å². The molecule has 0 atom stereocenters. The molecule has 0 aliphatic rings. The third-order valence-corrected chi connectivity index (χ3v) is 2.43. The minimum Gasteiger partial charge on any atom is -0.363 e. The Bertz CT molecular complexity index is 381. The van der Waals surface area contributed by atoms with E-state index in [4.69, 9.17) is 6.42 Å². The van der Waals surface area contributed by atoms with Gasteiger partial charge in [0.05, 0.1) is 0 Å². The van der Waals surface area contributed by atoms with Crippen LogP contribution >= 0.6 is 0 Å². The van der Waals surface area contributed by atoms with Gasteiger partial charge in [-0.05, 0) is 37.3 Å². The smallest absolute Gasteiger partial charge is 0.0148 e. The van der Waals surface area contributed by atoms with Gasteiger partial charge >= 0.3 is 0 Å². The second kappa shape index (κ2) is 6.35. The highest BCUT2D eigenvalue weighted by atomic mass is 14.9. The van der Waals surface area contributed by atoms with Crippen molar-refractivity contribution in [3.63, 3.8) is 0 Å². The van der Waals surface area contributed by atoms with Crippen molar-refractivity contribution in [3.05, 3.63) is 35.2 Å². The number of allylic oxidation sites excluding steroid dienone is 5. The summed E-state index contributed by atoms with van der Waals surface area (Å²) in [5.41, 5.74) is 4.30. The first-order chi connectivity index (χ1) is 7.72. The van der Waals surface area contributed by atoms with Crippen molar-refractivity contribution in [1.29, 1.82) is 0 Å². The Balaban J connectivity index is 5.34. The Morgan fingerprint density at radius 3 is 2.18 bits per heavy atom. The molecule has 0 saturated carbocycles. The Morgan fingerprint density at radius 1 is 1.35 bits per heavy atom. The van der Waals surface area contributed by atoms with Crippen LogP contribution in [0.15, 0.2) is 35.2 Å². The molecule has 0 unspecified atom stereocenters. The summed E-state index contributed by atoms with van der Waals surface area (Å²) in [5, 5.41) is 3.25. The van der Waals surface area contributed by atoms with Gasteiger partial charge in [0, 0.05) is 17.0 Å². The fourth-order valence-corrected chi connectivity index (χ4v) is 1.76. The first kappa shape index (κ1) is 15.6. The molecule has 0 heterocycles. The van der Waals surface area contributed by atoms with Crippen LogP contribution in [0.3, 0.4) is 0 Å². The van der Waals surface area contributed by atoms with Gasteiger partial charge in [-0.2, -0.15) is 0 Å². The zero-order valence-corrected chi connectivity index (χ0v) is 12.1. The van der Waals surface area contributed by atoms with Crippen LogP contribution in [-0.4, -0.2) is 0 Å². The van der Waals surface area contributed by atoms with Gasteiger partial charge < -0.3 is 5.32 Å². The first-order valence-electron chi connectivity index (χ1n) is 6.03. The van der Waals surface area contributed by atoms with Crippen molar-refractivity contribution in [2.24, 2.45) is 5.41 Å². The van der Waals surface area contributed by atoms with E-state index in [-0.39, 0.29) is 5.41 Å². The second-order valence-corrected chi connectivity index (χ2v) is 5.38. The molecule has 0 rings (SSSR count). The molecule has 0 fully saturated rings. The van der Waals surface area contributed by atoms with Crippen molar-refractivity contribution < 1.29 is 0 Å². The molecular weight excluding hydrogens is 206 g/mol. The molecule has 1 N–H and O–H groups in total. The molecule has 0 aromatic carbocycles. The molecule has 0 aliphatic heterocycles. The summed E-state index contributed by atoms with van der Waals surface area (Å²) in [6.07, 6.45) is 8.66. The van der Waals surface area contributed by atoms with Gasteiger partial charge in [-0.3, -0.25) is 0 Å². The number of rotatable bonds is 4. The maximum Gasteiger partial charge on any atom is 0.0148 e. The van der Waals surface area contributed by atoms with Gasteiger partial charge in [-0.15, -0.1) is 6.42 Å². The van der Waals surface area contributed by atoms with Crippen molar-refractivity contribution >= 4 is 0 Å². The van der Waals surface area contributed by atoms with Crippen LogP contribution in [-0.2, 0) is 0 Å². The summed E-state index contributed by atoms with van der Waals surface area (Å²) >= 11 is 0. The Hall–Kier alpha value is -1.42. The lowest BCUT2D eigenvalue weighted by atomic mass is 9.84. The summed E-state index contributed by atoms with van der Waals surface area (Å²) in [6, 6.07) is 0. The van der Waals surface area contributed by atoms with Crippen LogP contribution < -0.4 is 5.32 Å². The molecule has 0 amide bonds. The lowest BCUT2D eigenvalue weighted by Gasteiger charge is -2.21. The molecule has 0 radical (unpaired) electrons. The zero-order valence-electron chi connectivity index (χ0n) is 12.1. The molecule has 0 spiro atoms. The largest absolute Gasteiger partial charge is 0.363 e. The molecule has 0 bridgehead atoms. The van der Waals surface area contributed by atoms with E-state index in [2.05, 4.69) is 58.5 Å². The number of terminal acetylenes is 1. The third kappa shape index (κ3) is 5.45. The average molecular weight is 231 g/mol. The van der Waals surface area contributed by atoms with E-state index in [1.165, 1.54) is 0 Å². The number of nitrogens with one attached hydrogen (secondary N) is 1. The standard InChI is InChI=1S/C16H25N/c1-9-14(17-12(3)4)11-13(5)15(10-2)16(6,7)8/h2,11,17H,3,9H2,1,4-8H3/b14-11+,15-13+. The summed E-state index contributed by atoms with van der Waals surface area (Å²) < 4.78 is 0. The van der Waals surface area contributed by atoms with Gasteiger partial charge in [0.25, 0.3) is 0 Å². The van der Waals surface area contributed by atoms with E-state index in [1.54, 1.807) is 0 Å². The summed E-state index contributed by atoms with van der Waals surface area (Å²) in [4.78, 5) is 0. The SMILES string of the molecule is C#C/C(=C(C)\C=C(/CC)NC(=C)C)C(C)(C)C. The van der Waals surface area contributed by atoms with Gasteiger partial charge in [0.1, 0.15) is 0 Å². The topological polar surface area (TPSA) is 12.0 Å². The Morgan fingerprint density at radius 2 is 1.88 bits per heavy atom. The molecule has 94 valence electrons. The highest BCUT2D eigenvalue weighted by molar-refractivity contribution is 5.41. The summed E-state index contributed by atoms with van der Waals surface area (Å²) in [5.74, 6) is 2.81. The minimum absolute atomic E-state index is 0.0113. The average Bonchev–Trinajstić information content (AvgIpc) is 2.14. The fourth-order valence-electron chi connectivity index (χ4n) is 1.76. The molecule has 0 aromatic heterocycles. The van der Waals surface area contributed by atoms with Crippen LogP contribution in [0, 0.1) is 17.8 Å². The summed E-state index contributed by atoms with van der Waals surface area (Å²) in [6.45, 7) is 16.4. The van der Waals surface area contributed by atoms with E-state index < -0.39 is 0 Å². The second-order valence-electron chi connectivity index (χ2n) is 5.38. The quantitative estimate of drug-likeness (QED) is 0.558. The predicted octanol–water partition coefficient (Wildman–Crippen LogP) is 4.40. The van der Waals surface area contributed by atoms with Gasteiger partial charge in [-0.25, -0.2) is 0 Å². The fraction of sp³-hybridized carbons (Fsp3) is 0.500. The minimum atomic E-state index is 0.0113. The first-order valence-corrected chi connectivity index (χ1v) is 6.03. The van der Waals surface area contributed by atoms with E-state index in [0.717, 1.165) is 29.0 Å². The van der Waals surface area contributed by atoms with Crippen molar-refractivity contribution in [3.8, 4) is 12.3 Å². The Labute approximate surface area is 107 Å². The maximum absolute atomic E-state index is 5.60. The van der Waals surface area contributed by atoms with Gasteiger partial charge in [0.2, 0.25) is 0 Å². The highest BCUT2D eigenvalue weighted by Gasteiger charge is 2.17. The van der Waals surface area contributed by atoms with Crippen molar-refractivity contribution in [2.75, 3.05) is 0 Å². The number of hydrogen-bond acceptors (Lipinski definition) is 1. The third-order valence-electron chi connectivity index (χ3n) is 2.43. The van der Waals surface area contributed by atoms with E-state index in [1.807, 2.05) is 6.92 Å². The normalized spacial score (nSPS) is 13.8. The van der Waals surface area contributed by atoms with Gasteiger partial charge in [-0.1, -0.05) is 40.2 Å². The van der Waals surface area contributed by atoms with E-state index in [9.17, 15) is 0 Å². The van der Waals surface area contributed by atoms with E-state index in [0.29, 0.717) is 0 Å². The van der Waals surface area contributed by atoms with Crippen LogP contribution in [0.4, 0.5) is 0 Å². The molecule has 1 nitrogen and oxygen atoms in total. The molecule has 1 heteroatoms. The molecule has 0 saturated heterocycles. The highest BCUT2D eigenvalue weighted by Crippen LogP contribution is 2.28. The van der Waals surface area contributed by atoms with Crippen LogP contribution in [0.1, 0.15) is 48.0 Å². The predicted molar refractivity (Wildman–Crippen MR) is 77.3 cm³/mol. The number of hydrogen-bond donors (Lipinski definition) is 1. The molecule has 17 heavy (non-hydrogen) atoms. The Kier molecular flexibility index (Phi) is 5.82. The monoisotopic (exact) mass is 231 g/mol. The molecule has 0 aromatic rings. The maximum atomic E-state index is 5.60. The van der Waals surface area contributed by atoms with Gasteiger partial charge in [0.15, 0.2) is 0 Å². The molecule has 0 aliphatic carbocycles. The summed E-state index contributed by atoms with van der Waals surface area (Å²) in [7, 11) is 0. The lowest BCUT2D eigenvalue weighted by molar-refractivity contribution is 0.517. The van der Waals surface area contributed by atoms with Crippen molar-refractivity contribution in [2.45, 2.75) is 48.0 Å². The molecular formula is C16H25N. The van der Waals surface area contributed by atoms with Crippen LogP contribution in [0.5, 0.6) is 0 Å². The zero-order chi connectivity index (χ0) is 13.6. The van der Waals surface area contributed by atoms with Crippen molar-refractivity contribution in [1.82, 2.24) is 5.32 Å². The lowest BCUT2D eigenvalue weighted by Crippen LogP contribution is -2.12. The van der Waals surface area contributed by atoms with E-state index >= 15 is 0 Å².